The van der Waals surface area contributed by atoms with E-state index in [1.807, 2.05) is 0 Å². The van der Waals surface area contributed by atoms with Crippen molar-refractivity contribution in [1.29, 1.82) is 0 Å². The summed E-state index contributed by atoms with van der Waals surface area (Å²) < 4.78 is 52.9. The first-order chi connectivity index (χ1) is 33.5. The summed E-state index contributed by atoms with van der Waals surface area (Å²) in [6.45, 7) is 0.679. The quantitative estimate of drug-likeness (QED) is 0.0606. The molecule has 0 bridgehead atoms. The van der Waals surface area contributed by atoms with Gasteiger partial charge in [-0.25, -0.2) is 0 Å². The van der Waals surface area contributed by atoms with Gasteiger partial charge in [-0.1, -0.05) is 0 Å². The molecule has 0 radical (unpaired) electrons. The molecule has 0 aromatic rings. The van der Waals surface area contributed by atoms with Crippen molar-refractivity contribution in [2.45, 2.75) is 188 Å². The average Bonchev–Trinajstić information content (AvgIpc) is 3.30. The second-order valence-electron chi connectivity index (χ2n) is 17.6. The third-order valence-electron chi connectivity index (χ3n) is 12.3. The van der Waals surface area contributed by atoms with Gasteiger partial charge in [0.25, 0.3) is 0 Å². The van der Waals surface area contributed by atoms with E-state index < -0.39 is 216 Å². The SMILES string of the molecule is CC(=O)N[C@@H]1[C@@H](O)[C@H](O[C@@H]2O[C@H](CO)[C@@H](O[C@@H]3O[C@H](CO)[C@@H](O[C@@H]4O[C@H](CO)[C@@H](O[C@H]5O[C@H](CO)[C@@H](O)[C@H](O)[C@H]5NC(C)=O)[C@H](O)[C@H]4NC(C)=O)[C@H](O)[C@H]3NC(C)=O)[C@H](O)[C@H]2NC(C)=O)[C@@H](CO)O[C@H]1O. The Kier molecular flexibility index (Phi) is 21.1. The van der Waals surface area contributed by atoms with E-state index in [0.29, 0.717) is 0 Å². The van der Waals surface area contributed by atoms with Crippen LogP contribution in [0, 0.1) is 0 Å². The van der Waals surface area contributed by atoms with Crippen LogP contribution in [0.4, 0.5) is 0 Å². The molecule has 5 rings (SSSR count). The summed E-state index contributed by atoms with van der Waals surface area (Å²) in [5, 5.41) is 142. The molecule has 31 heteroatoms. The van der Waals surface area contributed by atoms with Crippen LogP contribution in [0.2, 0.25) is 0 Å². The normalized spacial score (nSPS) is 43.9. The lowest BCUT2D eigenvalue weighted by Crippen LogP contribution is -2.72. The first-order valence-corrected chi connectivity index (χ1v) is 22.6. The second kappa shape index (κ2) is 25.6. The van der Waals surface area contributed by atoms with Gasteiger partial charge in [0.1, 0.15) is 122 Å². The Morgan fingerprint density at radius 3 is 0.831 bits per heavy atom. The number of aliphatic hydroxyl groups is 12. The molecule has 5 aliphatic heterocycles. The maximum Gasteiger partial charge on any atom is 0.217 e. The lowest BCUT2D eigenvalue weighted by atomic mass is 9.93. The Hall–Kier alpha value is -3.49. The molecule has 0 unspecified atom stereocenters. The number of carbonyl (C=O) groups is 5. The maximum absolute atomic E-state index is 12.7. The fourth-order valence-corrected chi connectivity index (χ4v) is 9.07. The molecule has 17 N–H and O–H groups in total. The third-order valence-corrected chi connectivity index (χ3v) is 12.3. The summed E-state index contributed by atoms with van der Waals surface area (Å²) in [6, 6.07) is -8.07. The van der Waals surface area contributed by atoms with Crippen molar-refractivity contribution in [3.8, 4) is 0 Å². The minimum Gasteiger partial charge on any atom is -0.394 e. The average molecular weight is 1030 g/mol. The van der Waals surface area contributed by atoms with Crippen molar-refractivity contribution in [3.63, 3.8) is 0 Å². The maximum atomic E-state index is 12.7. The molecule has 0 spiro atoms. The smallest absolute Gasteiger partial charge is 0.217 e. The first-order valence-electron chi connectivity index (χ1n) is 22.6. The lowest BCUT2D eigenvalue weighted by molar-refractivity contribution is -0.367. The van der Waals surface area contributed by atoms with Gasteiger partial charge in [-0.15, -0.1) is 0 Å². The van der Waals surface area contributed by atoms with E-state index >= 15 is 0 Å². The van der Waals surface area contributed by atoms with Crippen LogP contribution < -0.4 is 26.6 Å². The van der Waals surface area contributed by atoms with Gasteiger partial charge >= 0.3 is 0 Å². The predicted octanol–water partition coefficient (Wildman–Crippen LogP) is -11.2. The molecule has 25 atom stereocenters. The molecule has 0 aromatic carbocycles. The minimum atomic E-state index is -2.00. The van der Waals surface area contributed by atoms with Gasteiger partial charge in [0.15, 0.2) is 31.5 Å². The number of ether oxygens (including phenoxy) is 9. The number of nitrogens with one attached hydrogen (secondary N) is 5. The number of hydrogen-bond acceptors (Lipinski definition) is 26. The molecule has 5 aliphatic rings. The minimum absolute atomic E-state index is 0.688. The second-order valence-corrected chi connectivity index (χ2v) is 17.6. The Morgan fingerprint density at radius 2 is 0.563 bits per heavy atom. The molecular weight excluding hydrogens is 966 g/mol. The molecular formula is C40H67N5O26. The summed E-state index contributed by atoms with van der Waals surface area (Å²) in [5.74, 6) is -3.78. The van der Waals surface area contributed by atoms with E-state index in [1.54, 1.807) is 0 Å². The lowest BCUT2D eigenvalue weighted by Gasteiger charge is -2.51. The van der Waals surface area contributed by atoms with Crippen LogP contribution in [0.3, 0.4) is 0 Å². The van der Waals surface area contributed by atoms with Crippen molar-refractivity contribution >= 4 is 29.5 Å². The van der Waals surface area contributed by atoms with Gasteiger partial charge in [-0.05, 0) is 0 Å². The number of amides is 5. The monoisotopic (exact) mass is 1030 g/mol. The molecule has 31 nitrogen and oxygen atoms in total. The van der Waals surface area contributed by atoms with Gasteiger partial charge in [-0.2, -0.15) is 0 Å². The summed E-state index contributed by atoms with van der Waals surface area (Å²) in [4.78, 5) is 61.6. The number of aliphatic hydroxyl groups excluding tert-OH is 12. The molecule has 5 amide bonds. The zero-order valence-corrected chi connectivity index (χ0v) is 39.1. The van der Waals surface area contributed by atoms with Gasteiger partial charge in [0.2, 0.25) is 29.5 Å². The Bertz CT molecular complexity index is 1790. The van der Waals surface area contributed by atoms with Crippen LogP contribution in [-0.4, -0.2) is 277 Å². The number of rotatable bonds is 18. The Morgan fingerprint density at radius 1 is 0.338 bits per heavy atom. The van der Waals surface area contributed by atoms with Gasteiger partial charge < -0.3 is 130 Å². The van der Waals surface area contributed by atoms with Crippen molar-refractivity contribution in [2.24, 2.45) is 0 Å². The largest absolute Gasteiger partial charge is 0.394 e. The first kappa shape index (κ1) is 58.4. The van der Waals surface area contributed by atoms with Gasteiger partial charge in [-0.3, -0.25) is 24.0 Å². The summed E-state index contributed by atoms with van der Waals surface area (Å²) in [6.07, 6.45) is -35.1. The van der Waals surface area contributed by atoms with Crippen LogP contribution in [0.5, 0.6) is 0 Å². The van der Waals surface area contributed by atoms with Crippen molar-refractivity contribution in [1.82, 2.24) is 26.6 Å². The highest BCUT2D eigenvalue weighted by atomic mass is 16.8. The highest BCUT2D eigenvalue weighted by Crippen LogP contribution is 2.36. The highest BCUT2D eigenvalue weighted by Gasteiger charge is 2.57. The molecule has 5 fully saturated rings. The van der Waals surface area contributed by atoms with Crippen molar-refractivity contribution < 1.29 is 128 Å². The van der Waals surface area contributed by atoms with E-state index in [-0.39, 0.29) is 0 Å². The molecule has 0 aromatic heterocycles. The fourth-order valence-electron chi connectivity index (χ4n) is 9.07. The number of carbonyl (C=O) groups excluding carboxylic acids is 5. The summed E-state index contributed by atoms with van der Waals surface area (Å²) >= 11 is 0. The zero-order chi connectivity index (χ0) is 52.8. The zero-order valence-electron chi connectivity index (χ0n) is 39.1. The predicted molar refractivity (Wildman–Crippen MR) is 225 cm³/mol. The number of hydrogen-bond donors (Lipinski definition) is 17. The van der Waals surface area contributed by atoms with E-state index in [1.165, 1.54) is 0 Å². The molecule has 5 saturated heterocycles. The Balaban J connectivity index is 1.39. The van der Waals surface area contributed by atoms with Crippen molar-refractivity contribution in [3.05, 3.63) is 0 Å². The van der Waals surface area contributed by atoms with E-state index in [2.05, 4.69) is 26.6 Å². The van der Waals surface area contributed by atoms with E-state index in [4.69, 9.17) is 42.6 Å². The van der Waals surface area contributed by atoms with Gasteiger partial charge in [0, 0.05) is 34.6 Å². The van der Waals surface area contributed by atoms with E-state index in [9.17, 15) is 85.3 Å². The van der Waals surface area contributed by atoms with Crippen LogP contribution in [-0.2, 0) is 66.6 Å². The molecule has 71 heavy (non-hydrogen) atoms. The molecule has 0 saturated carbocycles. The highest BCUT2D eigenvalue weighted by molar-refractivity contribution is 5.75. The fraction of sp³-hybridized carbons (Fsp3) is 0.875. The molecule has 408 valence electrons. The summed E-state index contributed by atoms with van der Waals surface area (Å²) in [5.41, 5.74) is 0. The third kappa shape index (κ3) is 13.6. The molecule has 0 aliphatic carbocycles. The standard InChI is InChI=1S/C40H67N5O26/c1-11(51)41-21-28(58)32(17(7-47)63-36(21)62)68-38-23(43-13(3)53)30(60)34(19(9-49)65-38)70-40-25(45-15(5)55)31(61)35(20(10-50)67-40)71-39-24(44-14(4)54)29(59)33(18(8-48)66-39)69-37-22(42-12(2)52)27(57)26(56)16(6-46)64-37/h16-40,46-50,56-62H,6-10H2,1-5H3,(H,41,51)(H,42,52)(H,43,53)(H,44,54)(H,45,55)/t16-,17-,18-,19-,20-,21-,22-,23-,24-,25-,26-,27-,28-,29-,30-,31-,32-,33-,34-,35-,36-,37-,38+,39+,40+/m1/s1. The molecule has 5 heterocycles. The Labute approximate surface area is 404 Å². The van der Waals surface area contributed by atoms with Crippen LogP contribution in [0.15, 0.2) is 0 Å². The van der Waals surface area contributed by atoms with Crippen LogP contribution in [0.1, 0.15) is 34.6 Å². The van der Waals surface area contributed by atoms with Gasteiger partial charge in [0.05, 0.1) is 33.0 Å². The van der Waals surface area contributed by atoms with Crippen LogP contribution >= 0.6 is 0 Å². The topological polar surface area (TPSA) is 471 Å². The van der Waals surface area contributed by atoms with E-state index in [0.717, 1.165) is 34.6 Å². The van der Waals surface area contributed by atoms with Crippen LogP contribution in [0.25, 0.3) is 0 Å². The van der Waals surface area contributed by atoms with Crippen molar-refractivity contribution in [2.75, 3.05) is 33.0 Å². The summed E-state index contributed by atoms with van der Waals surface area (Å²) in [7, 11) is 0.